The summed E-state index contributed by atoms with van der Waals surface area (Å²) in [6.07, 6.45) is 1.75. The van der Waals surface area contributed by atoms with Crippen LogP contribution in [0.3, 0.4) is 0 Å². The van der Waals surface area contributed by atoms with Crippen molar-refractivity contribution in [3.63, 3.8) is 0 Å². The number of aromatic nitrogens is 3. The molecule has 31 heavy (non-hydrogen) atoms. The summed E-state index contributed by atoms with van der Waals surface area (Å²) in [6.45, 7) is 0. The van der Waals surface area contributed by atoms with Crippen LogP contribution in [0.2, 0.25) is 0 Å². The van der Waals surface area contributed by atoms with Gasteiger partial charge in [0.15, 0.2) is 17.1 Å². The molecule has 0 saturated heterocycles. The van der Waals surface area contributed by atoms with E-state index >= 15 is 0 Å². The lowest BCUT2D eigenvalue weighted by atomic mass is 10.1. The maximum absolute atomic E-state index is 12.9. The highest BCUT2D eigenvalue weighted by atomic mass is 32.2. The lowest BCUT2D eigenvalue weighted by Crippen LogP contribution is -2.13. The van der Waals surface area contributed by atoms with Crippen LogP contribution in [0, 0.1) is 0 Å². The molecule has 2 aromatic carbocycles. The molecule has 0 aliphatic rings. The Balaban J connectivity index is 1.64. The Labute approximate surface area is 179 Å². The molecule has 0 aliphatic carbocycles. The second kappa shape index (κ2) is 8.15. The number of ether oxygens (including phenoxy) is 3. The molecule has 160 valence electrons. The van der Waals surface area contributed by atoms with Gasteiger partial charge in [-0.25, -0.2) is 17.9 Å². The van der Waals surface area contributed by atoms with Gasteiger partial charge in [0.25, 0.3) is 10.0 Å². The summed E-state index contributed by atoms with van der Waals surface area (Å²) in [5, 5.41) is 4.29. The van der Waals surface area contributed by atoms with Crippen LogP contribution in [-0.2, 0) is 10.0 Å². The predicted molar refractivity (Wildman–Crippen MR) is 115 cm³/mol. The van der Waals surface area contributed by atoms with E-state index in [-0.39, 0.29) is 4.90 Å². The second-order valence-corrected chi connectivity index (χ2v) is 8.19. The molecule has 10 heteroatoms. The molecule has 0 amide bonds. The summed E-state index contributed by atoms with van der Waals surface area (Å²) in [5.74, 6) is 1.24. The Morgan fingerprint density at radius 3 is 2.45 bits per heavy atom. The Bertz CT molecular complexity index is 1350. The molecule has 0 spiro atoms. The lowest BCUT2D eigenvalue weighted by molar-refractivity contribution is 0.354. The Morgan fingerprint density at radius 2 is 1.71 bits per heavy atom. The maximum Gasteiger partial charge on any atom is 0.262 e. The summed E-state index contributed by atoms with van der Waals surface area (Å²) >= 11 is 0. The summed E-state index contributed by atoms with van der Waals surface area (Å²) in [7, 11) is 0.634. The van der Waals surface area contributed by atoms with Crippen molar-refractivity contribution in [3.05, 3.63) is 60.8 Å². The van der Waals surface area contributed by atoms with E-state index in [9.17, 15) is 8.42 Å². The number of hydrogen-bond acceptors (Lipinski definition) is 7. The van der Waals surface area contributed by atoms with Gasteiger partial charge in [-0.1, -0.05) is 12.1 Å². The van der Waals surface area contributed by atoms with Crippen LogP contribution in [0.15, 0.2) is 65.7 Å². The van der Waals surface area contributed by atoms with Crippen LogP contribution in [-0.4, -0.2) is 44.3 Å². The number of methoxy groups -OCH3 is 3. The van der Waals surface area contributed by atoms with Crippen LogP contribution in [0.25, 0.3) is 16.9 Å². The highest BCUT2D eigenvalue weighted by Gasteiger charge is 2.18. The molecule has 0 aliphatic heterocycles. The molecule has 9 nitrogen and oxygen atoms in total. The Hall–Kier alpha value is -3.79. The van der Waals surface area contributed by atoms with Crippen molar-refractivity contribution >= 4 is 21.4 Å². The molecule has 2 heterocycles. The fourth-order valence-electron chi connectivity index (χ4n) is 3.05. The highest BCUT2D eigenvalue weighted by Crippen LogP contribution is 2.30. The van der Waals surface area contributed by atoms with E-state index < -0.39 is 10.0 Å². The molecule has 4 rings (SSSR count). The van der Waals surface area contributed by atoms with Gasteiger partial charge in [0.1, 0.15) is 0 Å². The zero-order chi connectivity index (χ0) is 22.0. The van der Waals surface area contributed by atoms with E-state index in [1.165, 1.54) is 26.4 Å². The number of rotatable bonds is 7. The predicted octanol–water partition coefficient (Wildman–Crippen LogP) is 3.22. The van der Waals surface area contributed by atoms with Gasteiger partial charge in [0.2, 0.25) is 5.88 Å². The van der Waals surface area contributed by atoms with Gasteiger partial charge in [0.05, 0.1) is 38.1 Å². The molecular formula is C21H20N4O5S. The summed E-state index contributed by atoms with van der Waals surface area (Å²) < 4.78 is 45.4. The van der Waals surface area contributed by atoms with E-state index in [0.29, 0.717) is 34.4 Å². The number of fused-ring (bicyclic) bond motifs is 1. The highest BCUT2D eigenvalue weighted by molar-refractivity contribution is 7.92. The van der Waals surface area contributed by atoms with Crippen LogP contribution < -0.4 is 18.9 Å². The summed E-state index contributed by atoms with van der Waals surface area (Å²) in [5.41, 5.74) is 2.42. The zero-order valence-electron chi connectivity index (χ0n) is 17.1. The molecule has 0 radical (unpaired) electrons. The first kappa shape index (κ1) is 20.5. The molecule has 0 fully saturated rings. The number of sulfonamides is 1. The fourth-order valence-corrected chi connectivity index (χ4v) is 4.12. The monoisotopic (exact) mass is 440 g/mol. The van der Waals surface area contributed by atoms with E-state index in [2.05, 4.69) is 14.8 Å². The second-order valence-electron chi connectivity index (χ2n) is 6.51. The molecule has 0 bridgehead atoms. The molecule has 0 atom stereocenters. The Kier molecular flexibility index (Phi) is 5.38. The van der Waals surface area contributed by atoms with Gasteiger partial charge in [0, 0.05) is 23.4 Å². The minimum atomic E-state index is -3.84. The molecule has 4 aromatic rings. The number of nitrogens with one attached hydrogen (secondary N) is 1. The van der Waals surface area contributed by atoms with Crippen molar-refractivity contribution in [3.8, 4) is 28.6 Å². The summed E-state index contributed by atoms with van der Waals surface area (Å²) in [6, 6.07) is 14.9. The van der Waals surface area contributed by atoms with Crippen molar-refractivity contribution in [1.82, 2.24) is 14.6 Å². The smallest absolute Gasteiger partial charge is 0.262 e. The zero-order valence-corrected chi connectivity index (χ0v) is 17.9. The van der Waals surface area contributed by atoms with Crippen molar-refractivity contribution in [2.24, 2.45) is 0 Å². The number of anilines is 1. The molecule has 0 saturated carbocycles. The van der Waals surface area contributed by atoms with Crippen LogP contribution in [0.4, 0.5) is 5.69 Å². The van der Waals surface area contributed by atoms with Crippen LogP contribution >= 0.6 is 0 Å². The number of imidazole rings is 1. The first-order chi connectivity index (χ1) is 14.9. The maximum atomic E-state index is 12.9. The minimum Gasteiger partial charge on any atom is -0.493 e. The SMILES string of the molecule is COc1ccc2nc(-c3cccc(NS(=O)(=O)c4ccc(OC)c(OC)c4)c3)cn2n1. The Morgan fingerprint density at radius 1 is 0.903 bits per heavy atom. The van der Waals surface area contributed by atoms with Gasteiger partial charge in [-0.2, -0.15) is 0 Å². The number of hydrogen-bond donors (Lipinski definition) is 1. The first-order valence-electron chi connectivity index (χ1n) is 9.19. The van der Waals surface area contributed by atoms with Crippen molar-refractivity contribution in [1.29, 1.82) is 0 Å². The van der Waals surface area contributed by atoms with Gasteiger partial charge < -0.3 is 14.2 Å². The average Bonchev–Trinajstić information content (AvgIpc) is 3.21. The van der Waals surface area contributed by atoms with Crippen molar-refractivity contribution < 1.29 is 22.6 Å². The first-order valence-corrected chi connectivity index (χ1v) is 10.7. The largest absolute Gasteiger partial charge is 0.493 e. The van der Waals surface area contributed by atoms with Crippen molar-refractivity contribution in [2.45, 2.75) is 4.90 Å². The third-order valence-electron chi connectivity index (χ3n) is 4.58. The van der Waals surface area contributed by atoms with Crippen LogP contribution in [0.1, 0.15) is 0 Å². The van der Waals surface area contributed by atoms with E-state index in [1.54, 1.807) is 54.2 Å². The van der Waals surface area contributed by atoms with Crippen molar-refractivity contribution in [2.75, 3.05) is 26.1 Å². The number of nitrogens with zero attached hydrogens (tertiary/aromatic N) is 3. The number of benzene rings is 2. The molecular weight excluding hydrogens is 420 g/mol. The van der Waals surface area contributed by atoms with Gasteiger partial charge in [-0.3, -0.25) is 4.72 Å². The quantitative estimate of drug-likeness (QED) is 0.470. The normalized spacial score (nSPS) is 11.3. The third-order valence-corrected chi connectivity index (χ3v) is 5.96. The summed E-state index contributed by atoms with van der Waals surface area (Å²) in [4.78, 5) is 4.59. The van der Waals surface area contributed by atoms with Gasteiger partial charge >= 0.3 is 0 Å². The standard InChI is InChI=1S/C21H20N4O5S/c1-28-18-8-7-16(12-19(18)29-2)31(26,27)24-15-6-4-5-14(11-15)17-13-25-20(22-17)9-10-21(23-25)30-3/h4-13,24H,1-3H3. The van der Waals surface area contributed by atoms with Crippen LogP contribution in [0.5, 0.6) is 17.4 Å². The molecule has 0 unspecified atom stereocenters. The van der Waals surface area contributed by atoms with E-state index in [1.807, 2.05) is 6.07 Å². The topological polar surface area (TPSA) is 104 Å². The third kappa shape index (κ3) is 4.10. The fraction of sp³-hybridized carbons (Fsp3) is 0.143. The molecule has 2 aromatic heterocycles. The molecule has 1 N–H and O–H groups in total. The lowest BCUT2D eigenvalue weighted by Gasteiger charge is -2.12. The van der Waals surface area contributed by atoms with E-state index in [4.69, 9.17) is 14.2 Å². The average molecular weight is 440 g/mol. The van der Waals surface area contributed by atoms with E-state index in [0.717, 1.165) is 5.56 Å². The van der Waals surface area contributed by atoms with Gasteiger partial charge in [-0.05, 0) is 30.3 Å². The van der Waals surface area contributed by atoms with Gasteiger partial charge in [-0.15, -0.1) is 5.10 Å². The minimum absolute atomic E-state index is 0.0552.